The van der Waals surface area contributed by atoms with E-state index in [1.54, 1.807) is 6.92 Å². The van der Waals surface area contributed by atoms with Crippen molar-refractivity contribution in [3.8, 4) is 11.4 Å². The SMILES string of the molecule is CCOC(=O)CN1C(=O)C(CC(=O)O)SC1=Nc1cc(-n2c(=O)cc(C(F)(F)F)n(C)c2=O)c(F)cc1Cl.CCOC(=O)CN1C(=O)C(CCO)SC1=Nc1cc(-n2c(=O)cc(C(F)(F)F)n(C)c2=O)c(F)cc1Cl. The highest BCUT2D eigenvalue weighted by atomic mass is 35.5. The largest absolute Gasteiger partial charge is 0.481 e. The van der Waals surface area contributed by atoms with Gasteiger partial charge in [0, 0.05) is 32.8 Å². The number of aliphatic imine (C=N–C) groups is 2. The van der Waals surface area contributed by atoms with Gasteiger partial charge in [0.25, 0.3) is 11.1 Å². The lowest BCUT2D eigenvalue weighted by atomic mass is 10.2. The quantitative estimate of drug-likeness (QED) is 0.130. The Kier molecular flexibility index (Phi) is 18.7. The van der Waals surface area contributed by atoms with Crippen LogP contribution in [0.1, 0.15) is 38.1 Å². The third-order valence-corrected chi connectivity index (χ3v) is 13.2. The van der Waals surface area contributed by atoms with Crippen LogP contribution < -0.4 is 22.5 Å². The van der Waals surface area contributed by atoms with Crippen LogP contribution >= 0.6 is 46.7 Å². The number of carboxylic acid groups (broad SMARTS) is 1. The monoisotopic (exact) mass is 1150 g/mol. The molecular weight excluding hydrogens is 1110 g/mol. The summed E-state index contributed by atoms with van der Waals surface area (Å²) in [6.45, 7) is 1.62. The fourth-order valence-electron chi connectivity index (χ4n) is 6.75. The van der Waals surface area contributed by atoms with Crippen molar-refractivity contribution in [2.24, 2.45) is 24.1 Å². The second-order valence-electron chi connectivity index (χ2n) is 15.2. The number of aromatic nitrogens is 4. The van der Waals surface area contributed by atoms with Crippen molar-refractivity contribution in [3.05, 3.63) is 111 Å². The maximum Gasteiger partial charge on any atom is 0.431 e. The Morgan fingerprint density at radius 3 is 1.37 bits per heavy atom. The van der Waals surface area contributed by atoms with Gasteiger partial charge in [-0.15, -0.1) is 0 Å². The first kappa shape index (κ1) is 59.1. The van der Waals surface area contributed by atoms with E-state index in [1.807, 2.05) is 0 Å². The van der Waals surface area contributed by atoms with Gasteiger partial charge >= 0.3 is 41.6 Å². The number of ether oxygens (including phenoxy) is 2. The van der Waals surface area contributed by atoms with Crippen molar-refractivity contribution in [2.75, 3.05) is 32.9 Å². The number of carbonyl (C=O) groups excluding carboxylic acids is 4. The third-order valence-electron chi connectivity index (χ3n) is 10.1. The van der Waals surface area contributed by atoms with Gasteiger partial charge in [-0.25, -0.2) is 37.5 Å². The normalized spacial score (nSPS) is 16.9. The lowest BCUT2D eigenvalue weighted by Gasteiger charge is -2.16. The Balaban J connectivity index is 0.000000277. The van der Waals surface area contributed by atoms with E-state index in [4.69, 9.17) is 37.8 Å². The summed E-state index contributed by atoms with van der Waals surface area (Å²) in [5.41, 5.74) is -11.1. The van der Waals surface area contributed by atoms with Gasteiger partial charge in [0.1, 0.15) is 41.4 Å². The standard InChI is InChI=1S/C21H17ClF4N4O7S.C21H19ClF4N4O6S/c1-3-37-17(34)8-29-18(35)13(6-16(32)33)38-19(29)27-11-5-12(10(23)4-9(11)22)30-15(31)7-14(21(24,25)26)28(2)20(30)36;1-3-36-17(33)9-29-18(34)14(4-5-31)37-19(29)27-12-7-13(11(23)6-10(12)22)30-16(32)8-15(21(24,25)26)28(2)20(30)35/h4-5,7,13H,3,6,8H2,1-2H3,(H,32,33);6-8,14,31H,3-5,9H2,1-2H3. The summed E-state index contributed by atoms with van der Waals surface area (Å²) in [6.07, 6.45) is -10.6. The van der Waals surface area contributed by atoms with Gasteiger partial charge in [-0.05, 0) is 44.5 Å². The number of halogens is 10. The van der Waals surface area contributed by atoms with Crippen LogP contribution in [0.25, 0.3) is 11.4 Å². The second-order valence-corrected chi connectivity index (χ2v) is 18.3. The molecule has 2 aromatic heterocycles. The van der Waals surface area contributed by atoms with Gasteiger partial charge in [0.2, 0.25) is 11.8 Å². The highest BCUT2D eigenvalue weighted by molar-refractivity contribution is 8.15. The summed E-state index contributed by atoms with van der Waals surface area (Å²) in [5.74, 6) is -6.69. The zero-order valence-corrected chi connectivity index (χ0v) is 41.8. The summed E-state index contributed by atoms with van der Waals surface area (Å²) >= 11 is 13.7. The molecule has 0 bridgehead atoms. The van der Waals surface area contributed by atoms with Crippen molar-refractivity contribution in [2.45, 2.75) is 49.5 Å². The first-order valence-electron chi connectivity index (χ1n) is 21.0. The maximum absolute atomic E-state index is 14.8. The van der Waals surface area contributed by atoms with Crippen LogP contribution in [0, 0.1) is 11.6 Å². The number of hydrogen-bond acceptors (Lipinski definition) is 16. The number of aliphatic hydroxyl groups excluding tert-OH is 1. The molecule has 2 unspecified atom stereocenters. The minimum Gasteiger partial charge on any atom is -0.481 e. The first-order chi connectivity index (χ1) is 34.9. The number of nitrogens with zero attached hydrogens (tertiary/aromatic N) is 8. The van der Waals surface area contributed by atoms with E-state index in [9.17, 15) is 83.4 Å². The van der Waals surface area contributed by atoms with Gasteiger partial charge in [0.15, 0.2) is 10.3 Å². The lowest BCUT2D eigenvalue weighted by Crippen LogP contribution is -2.41. The Hall–Kier alpha value is -6.83. The predicted octanol–water partition coefficient (Wildman–Crippen LogP) is 4.54. The zero-order valence-electron chi connectivity index (χ0n) is 38.6. The average Bonchev–Trinajstić information content (AvgIpc) is 3.74. The number of carbonyl (C=O) groups is 5. The lowest BCUT2D eigenvalue weighted by molar-refractivity contribution is -0.146. The van der Waals surface area contributed by atoms with Gasteiger partial charge in [0.05, 0.1) is 57.7 Å². The summed E-state index contributed by atoms with van der Waals surface area (Å²) in [7, 11) is 1.51. The van der Waals surface area contributed by atoms with E-state index in [0.29, 0.717) is 23.9 Å². The van der Waals surface area contributed by atoms with Crippen molar-refractivity contribution < 1.29 is 78.8 Å². The van der Waals surface area contributed by atoms with Crippen molar-refractivity contribution in [3.63, 3.8) is 0 Å². The summed E-state index contributed by atoms with van der Waals surface area (Å²) < 4.78 is 119. The number of aliphatic hydroxyl groups is 1. The van der Waals surface area contributed by atoms with Crippen LogP contribution in [-0.4, -0.2) is 122 Å². The van der Waals surface area contributed by atoms with E-state index in [1.165, 1.54) is 6.92 Å². The molecule has 2 saturated heterocycles. The number of benzene rings is 2. The van der Waals surface area contributed by atoms with E-state index in [2.05, 4.69) is 9.98 Å². The minimum atomic E-state index is -5.04. The number of aliphatic carboxylic acids is 1. The van der Waals surface area contributed by atoms with Crippen molar-refractivity contribution in [1.82, 2.24) is 28.1 Å². The van der Waals surface area contributed by atoms with Crippen LogP contribution in [0.2, 0.25) is 10.0 Å². The van der Waals surface area contributed by atoms with Gasteiger partial charge in [-0.2, -0.15) is 26.3 Å². The molecule has 2 amide bonds. The fourth-order valence-corrected chi connectivity index (χ4v) is 9.42. The van der Waals surface area contributed by atoms with Gasteiger partial charge in [-0.1, -0.05) is 46.7 Å². The van der Waals surface area contributed by atoms with E-state index < -0.39 is 129 Å². The van der Waals surface area contributed by atoms with E-state index in [0.717, 1.165) is 47.8 Å². The molecular formula is C42H36Cl2F8N8O13S2. The molecule has 0 radical (unpaired) electrons. The molecule has 2 N–H and O–H groups in total. The van der Waals surface area contributed by atoms with E-state index >= 15 is 0 Å². The second kappa shape index (κ2) is 23.8. The molecule has 404 valence electrons. The van der Waals surface area contributed by atoms with E-state index in [-0.39, 0.29) is 88.4 Å². The number of carboxylic acids is 1. The molecule has 75 heavy (non-hydrogen) atoms. The Labute approximate surface area is 432 Å². The maximum atomic E-state index is 14.8. The molecule has 33 heteroatoms. The van der Waals surface area contributed by atoms with Crippen LogP contribution in [0.4, 0.5) is 46.5 Å². The zero-order chi connectivity index (χ0) is 56.2. The number of thioether (sulfide) groups is 2. The Bertz CT molecular complexity index is 3290. The molecule has 0 saturated carbocycles. The number of amides is 2. The minimum absolute atomic E-state index is 0.0109. The molecule has 21 nitrogen and oxygen atoms in total. The van der Waals surface area contributed by atoms with Crippen LogP contribution in [0.3, 0.4) is 0 Å². The Morgan fingerprint density at radius 1 is 0.653 bits per heavy atom. The molecule has 0 spiro atoms. The van der Waals surface area contributed by atoms with Crippen LogP contribution in [0.5, 0.6) is 0 Å². The number of rotatable bonds is 14. The molecule has 0 aliphatic carbocycles. The molecule has 2 aliphatic rings. The highest BCUT2D eigenvalue weighted by Crippen LogP contribution is 2.38. The average molecular weight is 1150 g/mol. The number of amidine groups is 2. The van der Waals surface area contributed by atoms with Crippen molar-refractivity contribution >= 4 is 98.2 Å². The molecule has 2 aliphatic heterocycles. The van der Waals surface area contributed by atoms with Gasteiger partial charge < -0.3 is 19.7 Å². The third kappa shape index (κ3) is 13.4. The van der Waals surface area contributed by atoms with Crippen LogP contribution in [-0.2, 0) is 59.9 Å². The molecule has 4 heterocycles. The molecule has 6 rings (SSSR count). The Morgan fingerprint density at radius 2 is 1.03 bits per heavy atom. The highest BCUT2D eigenvalue weighted by Gasteiger charge is 2.42. The molecule has 2 aromatic carbocycles. The first-order valence-corrected chi connectivity index (χ1v) is 23.5. The summed E-state index contributed by atoms with van der Waals surface area (Å²) in [5, 5.41) is 15.4. The topological polar surface area (TPSA) is 263 Å². The molecule has 2 fully saturated rings. The smallest absolute Gasteiger partial charge is 0.431 e. The van der Waals surface area contributed by atoms with Crippen molar-refractivity contribution in [1.29, 1.82) is 0 Å². The van der Waals surface area contributed by atoms with Gasteiger partial charge in [-0.3, -0.25) is 52.5 Å². The predicted molar refractivity (Wildman–Crippen MR) is 252 cm³/mol. The summed E-state index contributed by atoms with van der Waals surface area (Å²) in [4.78, 5) is 121. The number of alkyl halides is 6. The summed E-state index contributed by atoms with van der Waals surface area (Å²) in [6, 6.07) is 3.25. The number of esters is 2. The fraction of sp³-hybridized carbons (Fsp3) is 0.357. The molecule has 2 atom stereocenters. The number of hydrogen-bond donors (Lipinski definition) is 2. The molecule has 4 aromatic rings. The van der Waals surface area contributed by atoms with Crippen LogP contribution in [0.15, 0.2) is 65.6 Å².